The second kappa shape index (κ2) is 13.8. The van der Waals surface area contributed by atoms with Crippen molar-refractivity contribution in [2.24, 2.45) is 10.8 Å². The SMILES string of the molecule is CCCCCCCCCC1(C(=O)O)C=CCC(CCCCCCCC)(C(=O)O)C1. The Morgan fingerprint density at radius 1 is 0.724 bits per heavy atom. The lowest BCUT2D eigenvalue weighted by Crippen LogP contribution is -2.43. The molecule has 0 fully saturated rings. The predicted octanol–water partition coefficient (Wildman–Crippen LogP) is 7.37. The fraction of sp³-hybridized carbons (Fsp3) is 0.840. The van der Waals surface area contributed by atoms with Gasteiger partial charge in [-0.2, -0.15) is 0 Å². The minimum Gasteiger partial charge on any atom is -0.481 e. The van der Waals surface area contributed by atoms with Gasteiger partial charge in [-0.25, -0.2) is 0 Å². The number of carboxylic acid groups (broad SMARTS) is 2. The molecule has 0 heterocycles. The van der Waals surface area contributed by atoms with Crippen LogP contribution >= 0.6 is 0 Å². The zero-order chi connectivity index (χ0) is 21.6. The van der Waals surface area contributed by atoms with Crippen LogP contribution in [0.3, 0.4) is 0 Å². The number of unbranched alkanes of at least 4 members (excludes halogenated alkanes) is 11. The summed E-state index contributed by atoms with van der Waals surface area (Å²) in [7, 11) is 0. The molecule has 1 aliphatic rings. The van der Waals surface area contributed by atoms with Gasteiger partial charge in [0.15, 0.2) is 0 Å². The summed E-state index contributed by atoms with van der Waals surface area (Å²) < 4.78 is 0. The molecule has 4 nitrogen and oxygen atoms in total. The number of allylic oxidation sites excluding steroid dienone is 1. The van der Waals surface area contributed by atoms with Crippen LogP contribution in [0.4, 0.5) is 0 Å². The van der Waals surface area contributed by atoms with E-state index in [4.69, 9.17) is 0 Å². The van der Waals surface area contributed by atoms with Gasteiger partial charge in [0, 0.05) is 0 Å². The zero-order valence-corrected chi connectivity index (χ0v) is 18.9. The molecular formula is C25H44O4. The van der Waals surface area contributed by atoms with Crippen LogP contribution in [0.15, 0.2) is 12.2 Å². The Morgan fingerprint density at radius 2 is 1.21 bits per heavy atom. The van der Waals surface area contributed by atoms with E-state index in [1.807, 2.05) is 6.08 Å². The van der Waals surface area contributed by atoms with Crippen molar-refractivity contribution in [2.45, 2.75) is 123 Å². The highest BCUT2D eigenvalue weighted by Gasteiger charge is 2.50. The molecule has 0 radical (unpaired) electrons. The molecule has 4 heteroatoms. The molecule has 1 aliphatic carbocycles. The van der Waals surface area contributed by atoms with E-state index < -0.39 is 22.8 Å². The molecule has 0 saturated heterocycles. The summed E-state index contributed by atoms with van der Waals surface area (Å²) in [6.45, 7) is 4.39. The van der Waals surface area contributed by atoms with Crippen molar-refractivity contribution in [1.82, 2.24) is 0 Å². The van der Waals surface area contributed by atoms with E-state index in [2.05, 4.69) is 13.8 Å². The summed E-state index contributed by atoms with van der Waals surface area (Å²) in [5.41, 5.74) is -1.93. The zero-order valence-electron chi connectivity index (χ0n) is 18.9. The highest BCUT2D eigenvalue weighted by atomic mass is 16.4. The van der Waals surface area contributed by atoms with E-state index in [9.17, 15) is 19.8 Å². The molecule has 0 aromatic carbocycles. The lowest BCUT2D eigenvalue weighted by Gasteiger charge is -2.40. The molecule has 0 spiro atoms. The number of carboxylic acids is 2. The monoisotopic (exact) mass is 408 g/mol. The minimum atomic E-state index is -1.01. The smallest absolute Gasteiger partial charge is 0.313 e. The van der Waals surface area contributed by atoms with Crippen LogP contribution in [-0.2, 0) is 9.59 Å². The Hall–Kier alpha value is -1.32. The van der Waals surface area contributed by atoms with E-state index >= 15 is 0 Å². The lowest BCUT2D eigenvalue weighted by molar-refractivity contribution is -0.157. The average molecular weight is 409 g/mol. The summed E-state index contributed by atoms with van der Waals surface area (Å²) in [6, 6.07) is 0. The van der Waals surface area contributed by atoms with Gasteiger partial charge in [0.2, 0.25) is 0 Å². The standard InChI is InChI=1S/C25H44O4/c1-3-5-7-9-11-13-15-18-25(23(28)29)20-16-19-24(21-25,22(26)27)17-14-12-10-8-6-4-2/h16,20H,3-15,17-19,21H2,1-2H3,(H,26,27)(H,28,29). The molecule has 2 N–H and O–H groups in total. The van der Waals surface area contributed by atoms with E-state index in [1.54, 1.807) is 6.08 Å². The van der Waals surface area contributed by atoms with Crippen molar-refractivity contribution in [3.05, 3.63) is 12.2 Å². The maximum Gasteiger partial charge on any atom is 0.313 e. The van der Waals surface area contributed by atoms with Gasteiger partial charge >= 0.3 is 11.9 Å². The van der Waals surface area contributed by atoms with Crippen molar-refractivity contribution < 1.29 is 19.8 Å². The van der Waals surface area contributed by atoms with E-state index in [1.165, 1.54) is 44.9 Å². The highest BCUT2D eigenvalue weighted by molar-refractivity contribution is 5.81. The van der Waals surface area contributed by atoms with E-state index in [0.717, 1.165) is 38.5 Å². The minimum absolute atomic E-state index is 0.242. The summed E-state index contributed by atoms with van der Waals surface area (Å²) >= 11 is 0. The van der Waals surface area contributed by atoms with Gasteiger partial charge in [0.1, 0.15) is 0 Å². The number of hydrogen-bond acceptors (Lipinski definition) is 2. The molecule has 1 rings (SSSR count). The first-order valence-corrected chi connectivity index (χ1v) is 12.1. The molecule has 168 valence electrons. The van der Waals surface area contributed by atoms with Crippen LogP contribution in [0.2, 0.25) is 0 Å². The van der Waals surface area contributed by atoms with Gasteiger partial charge in [-0.15, -0.1) is 0 Å². The molecule has 0 bridgehead atoms. The fourth-order valence-electron chi connectivity index (χ4n) is 4.77. The molecule has 29 heavy (non-hydrogen) atoms. The first-order chi connectivity index (χ1) is 13.9. The normalized spacial score (nSPS) is 23.9. The molecule has 0 amide bonds. The third-order valence-corrected chi connectivity index (χ3v) is 6.71. The van der Waals surface area contributed by atoms with Crippen LogP contribution in [0, 0.1) is 10.8 Å². The summed E-state index contributed by atoms with van der Waals surface area (Å²) in [5.74, 6) is -1.67. The molecule has 2 atom stereocenters. The number of hydrogen-bond donors (Lipinski definition) is 2. The van der Waals surface area contributed by atoms with Gasteiger partial charge in [-0.05, 0) is 25.7 Å². The summed E-state index contributed by atoms with van der Waals surface area (Å²) in [5, 5.41) is 20.0. The Kier molecular flexibility index (Phi) is 12.3. The van der Waals surface area contributed by atoms with Gasteiger partial charge < -0.3 is 10.2 Å². The quantitative estimate of drug-likeness (QED) is 0.195. The number of aliphatic carboxylic acids is 2. The molecule has 0 saturated carbocycles. The van der Waals surface area contributed by atoms with Crippen molar-refractivity contribution in [2.75, 3.05) is 0 Å². The summed E-state index contributed by atoms with van der Waals surface area (Å²) in [6.07, 6.45) is 20.1. The third kappa shape index (κ3) is 8.52. The Labute approximate surface area is 178 Å². The van der Waals surface area contributed by atoms with Gasteiger partial charge in [0.25, 0.3) is 0 Å². The van der Waals surface area contributed by atoms with Crippen molar-refractivity contribution in [3.63, 3.8) is 0 Å². The molecule has 0 aromatic rings. The first-order valence-electron chi connectivity index (χ1n) is 12.1. The molecule has 2 unspecified atom stereocenters. The van der Waals surface area contributed by atoms with Crippen LogP contribution in [0.25, 0.3) is 0 Å². The molecule has 0 aromatic heterocycles. The average Bonchev–Trinajstić information content (AvgIpc) is 2.70. The third-order valence-electron chi connectivity index (χ3n) is 6.71. The number of rotatable bonds is 17. The van der Waals surface area contributed by atoms with E-state index in [-0.39, 0.29) is 6.42 Å². The van der Waals surface area contributed by atoms with Crippen LogP contribution in [0.1, 0.15) is 123 Å². The Morgan fingerprint density at radius 3 is 1.69 bits per heavy atom. The van der Waals surface area contributed by atoms with Crippen LogP contribution < -0.4 is 0 Å². The summed E-state index contributed by atoms with van der Waals surface area (Å²) in [4.78, 5) is 24.4. The van der Waals surface area contributed by atoms with Gasteiger partial charge in [-0.3, -0.25) is 9.59 Å². The van der Waals surface area contributed by atoms with E-state index in [0.29, 0.717) is 19.3 Å². The predicted molar refractivity (Wildman–Crippen MR) is 119 cm³/mol. The topological polar surface area (TPSA) is 74.6 Å². The van der Waals surface area contributed by atoms with Gasteiger partial charge in [-0.1, -0.05) is 109 Å². The Balaban J connectivity index is 2.64. The lowest BCUT2D eigenvalue weighted by atomic mass is 9.62. The first kappa shape index (κ1) is 25.7. The molecule has 0 aliphatic heterocycles. The van der Waals surface area contributed by atoms with Gasteiger partial charge in [0.05, 0.1) is 10.8 Å². The maximum absolute atomic E-state index is 12.2. The second-order valence-electron chi connectivity index (χ2n) is 9.22. The second-order valence-corrected chi connectivity index (χ2v) is 9.22. The fourth-order valence-corrected chi connectivity index (χ4v) is 4.77. The molecular weight excluding hydrogens is 364 g/mol. The van der Waals surface area contributed by atoms with Crippen molar-refractivity contribution in [1.29, 1.82) is 0 Å². The highest BCUT2D eigenvalue weighted by Crippen LogP contribution is 2.48. The van der Waals surface area contributed by atoms with Crippen LogP contribution in [0.5, 0.6) is 0 Å². The maximum atomic E-state index is 12.2. The largest absolute Gasteiger partial charge is 0.481 e. The van der Waals surface area contributed by atoms with Crippen molar-refractivity contribution in [3.8, 4) is 0 Å². The number of carbonyl (C=O) groups is 2. The van der Waals surface area contributed by atoms with Crippen molar-refractivity contribution >= 4 is 11.9 Å². The Bertz CT molecular complexity index is 513. The van der Waals surface area contributed by atoms with Crippen LogP contribution in [-0.4, -0.2) is 22.2 Å².